The first kappa shape index (κ1) is 27.8. The SMILES string of the molecule is c1ccc(-c2nc(-c3cccc4c3oc3ccccc34)nc(-n3c4ccccc4c4cc5c(cc43)C3(CCCCC3)c3ccccc3-5)n2)cc1. The summed E-state index contributed by atoms with van der Waals surface area (Å²) in [6, 6.07) is 47.3. The standard InChI is InChI=1S/C45H32N4O/c1-3-14-28(15-4-1)42-46-43(33-20-13-19-32-31-18-7-10-23-40(31)50-41(32)33)48-44(47-42)49-38-22-9-6-17-30(38)35-26-34-29-16-5-8-21-36(29)45(24-11-2-12-25-45)37(34)27-39(35)49/h1,3-10,13-23,26-27H,2,11-12,24-25H2. The highest BCUT2D eigenvalue weighted by Gasteiger charge is 2.44. The lowest BCUT2D eigenvalue weighted by Gasteiger charge is -2.36. The van der Waals surface area contributed by atoms with Crippen molar-refractivity contribution in [2.75, 3.05) is 0 Å². The molecule has 1 saturated carbocycles. The van der Waals surface area contributed by atoms with Crippen LogP contribution in [0.4, 0.5) is 0 Å². The van der Waals surface area contributed by atoms with E-state index in [9.17, 15) is 0 Å². The van der Waals surface area contributed by atoms with Crippen molar-refractivity contribution in [3.05, 3.63) is 145 Å². The molecule has 5 heteroatoms. The van der Waals surface area contributed by atoms with E-state index in [4.69, 9.17) is 19.4 Å². The van der Waals surface area contributed by atoms with Crippen LogP contribution in [0.2, 0.25) is 0 Å². The van der Waals surface area contributed by atoms with Gasteiger partial charge in [-0.2, -0.15) is 9.97 Å². The molecular formula is C45H32N4O. The van der Waals surface area contributed by atoms with Crippen molar-refractivity contribution < 1.29 is 4.42 Å². The highest BCUT2D eigenvalue weighted by atomic mass is 16.3. The third kappa shape index (κ3) is 3.86. The molecule has 11 rings (SSSR count). The quantitative estimate of drug-likeness (QED) is 0.192. The van der Waals surface area contributed by atoms with Gasteiger partial charge in [-0.05, 0) is 65.4 Å². The zero-order valence-electron chi connectivity index (χ0n) is 27.4. The third-order valence-corrected chi connectivity index (χ3v) is 11.3. The van der Waals surface area contributed by atoms with Crippen molar-refractivity contribution in [3.63, 3.8) is 0 Å². The molecule has 238 valence electrons. The lowest BCUT2D eigenvalue weighted by molar-refractivity contribution is 0.353. The lowest BCUT2D eigenvalue weighted by atomic mass is 9.68. The maximum Gasteiger partial charge on any atom is 0.238 e. The van der Waals surface area contributed by atoms with Gasteiger partial charge in [-0.1, -0.05) is 122 Å². The van der Waals surface area contributed by atoms with Gasteiger partial charge in [0.1, 0.15) is 11.2 Å². The van der Waals surface area contributed by atoms with Gasteiger partial charge < -0.3 is 4.42 Å². The normalized spacial score (nSPS) is 15.0. The first-order valence-electron chi connectivity index (χ1n) is 17.7. The molecule has 0 atom stereocenters. The minimum atomic E-state index is 0.0377. The Balaban J connectivity index is 1.22. The van der Waals surface area contributed by atoms with E-state index in [1.807, 2.05) is 36.4 Å². The fourth-order valence-corrected chi connectivity index (χ4v) is 9.05. The maximum absolute atomic E-state index is 6.49. The number of rotatable bonds is 3. The van der Waals surface area contributed by atoms with E-state index < -0.39 is 0 Å². The molecule has 3 heterocycles. The van der Waals surface area contributed by atoms with Crippen molar-refractivity contribution >= 4 is 43.7 Å². The number of hydrogen-bond acceptors (Lipinski definition) is 4. The largest absolute Gasteiger partial charge is 0.455 e. The number of furan rings is 1. The molecule has 0 unspecified atom stereocenters. The summed E-state index contributed by atoms with van der Waals surface area (Å²) < 4.78 is 8.76. The second-order valence-electron chi connectivity index (χ2n) is 13.9. The first-order chi connectivity index (χ1) is 24.8. The Labute approximate surface area is 288 Å². The molecule has 0 N–H and O–H groups in total. The molecule has 2 aliphatic carbocycles. The van der Waals surface area contributed by atoms with Gasteiger partial charge in [-0.25, -0.2) is 4.98 Å². The first-order valence-corrected chi connectivity index (χ1v) is 17.7. The van der Waals surface area contributed by atoms with Crippen molar-refractivity contribution in [3.8, 4) is 39.9 Å². The average Bonchev–Trinajstić information content (AvgIpc) is 3.81. The van der Waals surface area contributed by atoms with Crippen molar-refractivity contribution in [2.45, 2.75) is 37.5 Å². The van der Waals surface area contributed by atoms with Gasteiger partial charge >= 0.3 is 0 Å². The number of benzene rings is 6. The fraction of sp³-hybridized carbons (Fsp3) is 0.133. The fourth-order valence-electron chi connectivity index (χ4n) is 9.05. The van der Waals surface area contributed by atoms with E-state index in [2.05, 4.69) is 102 Å². The maximum atomic E-state index is 6.49. The van der Waals surface area contributed by atoms with Crippen LogP contribution in [0.1, 0.15) is 43.2 Å². The Kier molecular flexibility index (Phi) is 5.83. The molecule has 1 fully saturated rings. The number of aromatic nitrogens is 4. The molecule has 0 aliphatic heterocycles. The molecule has 50 heavy (non-hydrogen) atoms. The summed E-state index contributed by atoms with van der Waals surface area (Å²) in [5.74, 6) is 1.81. The van der Waals surface area contributed by atoms with E-state index in [0.717, 1.165) is 44.1 Å². The molecule has 0 bridgehead atoms. The number of fused-ring (bicyclic) bond motifs is 11. The van der Waals surface area contributed by atoms with E-state index >= 15 is 0 Å². The molecule has 0 amide bonds. The third-order valence-electron chi connectivity index (χ3n) is 11.3. The molecular weight excluding hydrogens is 613 g/mol. The topological polar surface area (TPSA) is 56.7 Å². The summed E-state index contributed by atoms with van der Waals surface area (Å²) in [4.78, 5) is 15.7. The average molecular weight is 645 g/mol. The monoisotopic (exact) mass is 644 g/mol. The highest BCUT2D eigenvalue weighted by molar-refractivity contribution is 6.12. The molecule has 9 aromatic rings. The van der Waals surface area contributed by atoms with Crippen LogP contribution in [-0.2, 0) is 5.41 Å². The highest BCUT2D eigenvalue weighted by Crippen LogP contribution is 2.57. The number of para-hydroxylation sites is 3. The number of hydrogen-bond donors (Lipinski definition) is 0. The van der Waals surface area contributed by atoms with Crippen LogP contribution in [0.3, 0.4) is 0 Å². The van der Waals surface area contributed by atoms with Crippen LogP contribution in [0.15, 0.2) is 138 Å². The zero-order chi connectivity index (χ0) is 32.8. The molecule has 3 aromatic heterocycles. The van der Waals surface area contributed by atoms with Gasteiger partial charge in [-0.15, -0.1) is 0 Å². The smallest absolute Gasteiger partial charge is 0.238 e. The Morgan fingerprint density at radius 1 is 0.500 bits per heavy atom. The second kappa shape index (κ2) is 10.5. The van der Waals surface area contributed by atoms with Gasteiger partial charge in [0.2, 0.25) is 5.95 Å². The summed E-state index contributed by atoms with van der Waals surface area (Å²) in [7, 11) is 0. The summed E-state index contributed by atoms with van der Waals surface area (Å²) in [6.45, 7) is 0. The number of nitrogens with zero attached hydrogens (tertiary/aromatic N) is 4. The predicted octanol–water partition coefficient (Wildman–Crippen LogP) is 11.4. The van der Waals surface area contributed by atoms with Crippen LogP contribution in [0.5, 0.6) is 0 Å². The molecule has 2 aliphatic rings. The zero-order valence-corrected chi connectivity index (χ0v) is 27.4. The molecule has 0 saturated heterocycles. The second-order valence-corrected chi connectivity index (χ2v) is 13.9. The van der Waals surface area contributed by atoms with Gasteiger partial charge in [0, 0.05) is 32.5 Å². The summed E-state index contributed by atoms with van der Waals surface area (Å²) in [5.41, 5.74) is 11.3. The van der Waals surface area contributed by atoms with Crippen molar-refractivity contribution in [1.29, 1.82) is 0 Å². The van der Waals surface area contributed by atoms with Crippen LogP contribution in [-0.4, -0.2) is 19.5 Å². The lowest BCUT2D eigenvalue weighted by Crippen LogP contribution is -2.28. The predicted molar refractivity (Wildman–Crippen MR) is 202 cm³/mol. The van der Waals surface area contributed by atoms with E-state index in [0.29, 0.717) is 17.6 Å². The Hall–Kier alpha value is -6.07. The minimum Gasteiger partial charge on any atom is -0.455 e. The van der Waals surface area contributed by atoms with Crippen LogP contribution >= 0.6 is 0 Å². The Morgan fingerprint density at radius 2 is 1.22 bits per heavy atom. The van der Waals surface area contributed by atoms with Gasteiger partial charge in [-0.3, -0.25) is 4.57 Å². The summed E-state index contributed by atoms with van der Waals surface area (Å²) in [6.07, 6.45) is 6.16. The Bertz CT molecular complexity index is 2800. The van der Waals surface area contributed by atoms with E-state index in [1.54, 1.807) is 0 Å². The molecule has 6 aromatic carbocycles. The van der Waals surface area contributed by atoms with Crippen molar-refractivity contribution in [2.24, 2.45) is 0 Å². The summed E-state index contributed by atoms with van der Waals surface area (Å²) in [5, 5.41) is 4.53. The van der Waals surface area contributed by atoms with Crippen LogP contribution in [0, 0.1) is 0 Å². The minimum absolute atomic E-state index is 0.0377. The van der Waals surface area contributed by atoms with Crippen molar-refractivity contribution in [1.82, 2.24) is 19.5 Å². The summed E-state index contributed by atoms with van der Waals surface area (Å²) >= 11 is 0. The molecule has 5 nitrogen and oxygen atoms in total. The molecule has 1 spiro atoms. The molecule has 0 radical (unpaired) electrons. The van der Waals surface area contributed by atoms with Crippen LogP contribution in [0.25, 0.3) is 83.6 Å². The van der Waals surface area contributed by atoms with Crippen LogP contribution < -0.4 is 0 Å². The Morgan fingerprint density at radius 3 is 2.12 bits per heavy atom. The van der Waals surface area contributed by atoms with Gasteiger partial charge in [0.15, 0.2) is 11.6 Å². The van der Waals surface area contributed by atoms with E-state index in [1.165, 1.54) is 65.1 Å². The van der Waals surface area contributed by atoms with Gasteiger partial charge in [0.25, 0.3) is 0 Å². The van der Waals surface area contributed by atoms with E-state index in [-0.39, 0.29) is 5.41 Å². The van der Waals surface area contributed by atoms with Gasteiger partial charge in [0.05, 0.1) is 16.6 Å².